The zero-order valence-electron chi connectivity index (χ0n) is 14.6. The lowest BCUT2D eigenvalue weighted by molar-refractivity contribution is 0.0946. The number of carbonyl (C=O) groups is 1. The van der Waals surface area contributed by atoms with E-state index in [1.807, 2.05) is 43.5 Å². The third-order valence-electron chi connectivity index (χ3n) is 3.94. The van der Waals surface area contributed by atoms with E-state index in [1.165, 1.54) is 16.8 Å². The van der Waals surface area contributed by atoms with Gasteiger partial charge in [0.15, 0.2) is 0 Å². The summed E-state index contributed by atoms with van der Waals surface area (Å²) in [6.45, 7) is 2.95. The van der Waals surface area contributed by atoms with Gasteiger partial charge >= 0.3 is 0 Å². The summed E-state index contributed by atoms with van der Waals surface area (Å²) >= 11 is 0. The molecule has 3 aromatic rings. The first kappa shape index (κ1) is 17.6. The number of amides is 1. The molecule has 1 aromatic carbocycles. The summed E-state index contributed by atoms with van der Waals surface area (Å²) in [6.07, 6.45) is 5.12. The molecule has 0 radical (unpaired) electrons. The van der Waals surface area contributed by atoms with Crippen molar-refractivity contribution >= 4 is 5.91 Å². The van der Waals surface area contributed by atoms with Crippen LogP contribution in [0.25, 0.3) is 5.69 Å². The Labute approximate surface area is 151 Å². The molecule has 1 N–H and O–H groups in total. The highest BCUT2D eigenvalue weighted by Gasteiger charge is 2.09. The zero-order chi connectivity index (χ0) is 18.4. The van der Waals surface area contributed by atoms with Crippen LogP contribution >= 0.6 is 0 Å². The molecule has 134 valence electrons. The molecule has 0 aliphatic rings. The molecule has 0 saturated carbocycles. The van der Waals surface area contributed by atoms with Crippen LogP contribution < -0.4 is 10.9 Å². The molecule has 0 bridgehead atoms. The van der Waals surface area contributed by atoms with Gasteiger partial charge in [-0.05, 0) is 42.7 Å². The Kier molecular flexibility index (Phi) is 5.58. The van der Waals surface area contributed by atoms with E-state index in [9.17, 15) is 9.59 Å². The molecule has 1 amide bonds. The van der Waals surface area contributed by atoms with E-state index in [2.05, 4.69) is 15.5 Å². The monoisotopic (exact) mass is 351 g/mol. The number of rotatable bonds is 7. The number of nitrogens with one attached hydrogen (secondary N) is 1. The van der Waals surface area contributed by atoms with Crippen molar-refractivity contribution in [3.63, 3.8) is 0 Å². The summed E-state index contributed by atoms with van der Waals surface area (Å²) in [5, 5.41) is 11.1. The van der Waals surface area contributed by atoms with Gasteiger partial charge in [-0.1, -0.05) is 19.1 Å². The molecule has 0 aliphatic carbocycles. The average molecular weight is 351 g/mol. The number of benzene rings is 1. The van der Waals surface area contributed by atoms with Crippen molar-refractivity contribution in [1.29, 1.82) is 0 Å². The van der Waals surface area contributed by atoms with Crippen molar-refractivity contribution in [2.75, 3.05) is 6.54 Å². The van der Waals surface area contributed by atoms with Gasteiger partial charge in [0.1, 0.15) is 5.69 Å². The highest BCUT2D eigenvalue weighted by molar-refractivity contribution is 5.91. The standard InChI is InChI=1S/C19H21N5O2/c1-2-13-24-18(25)9-8-17(22-24)19(26)20-12-10-15-4-6-16(7-5-15)23-14-3-11-21-23/h3-9,11,14H,2,10,12-13H2,1H3,(H,20,26). The quantitative estimate of drug-likeness (QED) is 0.704. The second kappa shape index (κ2) is 8.24. The van der Waals surface area contributed by atoms with Crippen molar-refractivity contribution in [1.82, 2.24) is 24.9 Å². The molecule has 26 heavy (non-hydrogen) atoms. The Morgan fingerprint density at radius 1 is 1.15 bits per heavy atom. The summed E-state index contributed by atoms with van der Waals surface area (Å²) in [7, 11) is 0. The van der Waals surface area contributed by atoms with E-state index >= 15 is 0 Å². The molecule has 0 atom stereocenters. The van der Waals surface area contributed by atoms with Gasteiger partial charge in [-0.15, -0.1) is 0 Å². The molecular weight excluding hydrogens is 330 g/mol. The van der Waals surface area contributed by atoms with E-state index in [1.54, 1.807) is 10.9 Å². The normalized spacial score (nSPS) is 10.7. The van der Waals surface area contributed by atoms with Gasteiger partial charge in [-0.25, -0.2) is 9.36 Å². The van der Waals surface area contributed by atoms with Gasteiger partial charge in [-0.3, -0.25) is 9.59 Å². The van der Waals surface area contributed by atoms with Crippen molar-refractivity contribution in [3.05, 3.63) is 76.5 Å². The largest absolute Gasteiger partial charge is 0.350 e. The summed E-state index contributed by atoms with van der Waals surface area (Å²) in [6, 6.07) is 12.7. The van der Waals surface area contributed by atoms with Crippen LogP contribution in [0.2, 0.25) is 0 Å². The van der Waals surface area contributed by atoms with Gasteiger partial charge in [0.2, 0.25) is 0 Å². The Bertz CT molecular complexity index is 914. The van der Waals surface area contributed by atoms with Gasteiger partial charge in [-0.2, -0.15) is 10.2 Å². The first-order chi connectivity index (χ1) is 12.7. The van der Waals surface area contributed by atoms with Crippen molar-refractivity contribution < 1.29 is 4.79 Å². The molecular formula is C19H21N5O2. The van der Waals surface area contributed by atoms with Crippen LogP contribution in [0.1, 0.15) is 29.4 Å². The van der Waals surface area contributed by atoms with Crippen molar-refractivity contribution in [2.45, 2.75) is 26.3 Å². The van der Waals surface area contributed by atoms with Gasteiger partial charge < -0.3 is 5.32 Å². The lowest BCUT2D eigenvalue weighted by Gasteiger charge is -2.08. The van der Waals surface area contributed by atoms with E-state index in [0.717, 1.165) is 17.7 Å². The number of aryl methyl sites for hydroxylation is 1. The number of carbonyl (C=O) groups excluding carboxylic acids is 1. The molecule has 7 heteroatoms. The van der Waals surface area contributed by atoms with Crippen LogP contribution in [-0.4, -0.2) is 32.0 Å². The zero-order valence-corrected chi connectivity index (χ0v) is 14.6. The summed E-state index contributed by atoms with van der Waals surface area (Å²) in [5.74, 6) is -0.275. The molecule has 3 rings (SSSR count). The number of hydrogen-bond acceptors (Lipinski definition) is 4. The van der Waals surface area contributed by atoms with Crippen LogP contribution in [0.4, 0.5) is 0 Å². The number of hydrogen-bond donors (Lipinski definition) is 1. The van der Waals surface area contributed by atoms with E-state index < -0.39 is 0 Å². The molecule has 2 heterocycles. The highest BCUT2D eigenvalue weighted by Crippen LogP contribution is 2.08. The first-order valence-electron chi connectivity index (χ1n) is 8.62. The minimum atomic E-state index is -0.275. The molecule has 0 saturated heterocycles. The molecule has 0 spiro atoms. The molecule has 0 aliphatic heterocycles. The van der Waals surface area contributed by atoms with Crippen LogP contribution in [0, 0.1) is 0 Å². The SMILES string of the molecule is CCCn1nc(C(=O)NCCc2ccc(-n3cccn3)cc2)ccc1=O. The van der Waals surface area contributed by atoms with Crippen LogP contribution in [0.3, 0.4) is 0 Å². The second-order valence-electron chi connectivity index (χ2n) is 5.90. The topological polar surface area (TPSA) is 81.8 Å². The fourth-order valence-corrected chi connectivity index (χ4v) is 2.59. The molecule has 0 unspecified atom stereocenters. The maximum absolute atomic E-state index is 12.2. The van der Waals surface area contributed by atoms with Gasteiger partial charge in [0, 0.05) is 31.5 Å². The first-order valence-corrected chi connectivity index (χ1v) is 8.62. The van der Waals surface area contributed by atoms with E-state index in [0.29, 0.717) is 19.5 Å². The highest BCUT2D eigenvalue weighted by atomic mass is 16.2. The molecule has 0 fully saturated rings. The fourth-order valence-electron chi connectivity index (χ4n) is 2.59. The minimum Gasteiger partial charge on any atom is -0.350 e. The predicted octanol–water partition coefficient (Wildman–Crippen LogP) is 1.81. The maximum atomic E-state index is 12.2. The molecule has 2 aromatic heterocycles. The van der Waals surface area contributed by atoms with Crippen LogP contribution in [0.15, 0.2) is 59.7 Å². The van der Waals surface area contributed by atoms with Crippen molar-refractivity contribution in [3.8, 4) is 5.69 Å². The van der Waals surface area contributed by atoms with E-state index in [4.69, 9.17) is 0 Å². The summed E-state index contributed by atoms with van der Waals surface area (Å²) < 4.78 is 3.12. The number of aromatic nitrogens is 4. The van der Waals surface area contributed by atoms with Crippen LogP contribution in [0.5, 0.6) is 0 Å². The van der Waals surface area contributed by atoms with Gasteiger partial charge in [0.05, 0.1) is 5.69 Å². The average Bonchev–Trinajstić information content (AvgIpc) is 3.19. The lowest BCUT2D eigenvalue weighted by atomic mass is 10.1. The molecule has 7 nitrogen and oxygen atoms in total. The Balaban J connectivity index is 1.55. The minimum absolute atomic E-state index is 0.194. The Morgan fingerprint density at radius 2 is 1.96 bits per heavy atom. The number of nitrogens with zero attached hydrogens (tertiary/aromatic N) is 4. The maximum Gasteiger partial charge on any atom is 0.271 e. The third kappa shape index (κ3) is 4.24. The predicted molar refractivity (Wildman–Crippen MR) is 98.4 cm³/mol. The Hall–Kier alpha value is -3.22. The van der Waals surface area contributed by atoms with Crippen LogP contribution in [-0.2, 0) is 13.0 Å². The second-order valence-corrected chi connectivity index (χ2v) is 5.90. The smallest absolute Gasteiger partial charge is 0.271 e. The Morgan fingerprint density at radius 3 is 2.65 bits per heavy atom. The third-order valence-corrected chi connectivity index (χ3v) is 3.94. The van der Waals surface area contributed by atoms with Crippen molar-refractivity contribution in [2.24, 2.45) is 0 Å². The lowest BCUT2D eigenvalue weighted by Crippen LogP contribution is -2.30. The fraction of sp³-hybridized carbons (Fsp3) is 0.263. The van der Waals surface area contributed by atoms with Gasteiger partial charge in [0.25, 0.3) is 11.5 Å². The summed E-state index contributed by atoms with van der Waals surface area (Å²) in [4.78, 5) is 23.9. The van der Waals surface area contributed by atoms with E-state index in [-0.39, 0.29) is 17.2 Å². The summed E-state index contributed by atoms with van der Waals surface area (Å²) in [5.41, 5.74) is 2.17.